The number of hydrogen-bond donors (Lipinski definition) is 1. The Balaban J connectivity index is 1.37. The average Bonchev–Trinajstić information content (AvgIpc) is 3.49. The van der Waals surface area contributed by atoms with Crippen molar-refractivity contribution in [3.63, 3.8) is 0 Å². The third kappa shape index (κ3) is 4.98. The Morgan fingerprint density at radius 1 is 0.865 bits per heavy atom. The van der Waals surface area contributed by atoms with Crippen LogP contribution in [0.1, 0.15) is 31.2 Å². The molecule has 0 aromatic heterocycles. The molecule has 0 unspecified atom stereocenters. The first-order chi connectivity index (χ1) is 24.8. The molecule has 7 rings (SSSR count). The van der Waals surface area contributed by atoms with Crippen LogP contribution in [0.25, 0.3) is 0 Å². The van der Waals surface area contributed by atoms with Gasteiger partial charge in [0.05, 0.1) is 51.0 Å². The number of allylic oxidation sites excluding steroid dienone is 2. The highest BCUT2D eigenvalue weighted by molar-refractivity contribution is 6.25. The summed E-state index contributed by atoms with van der Waals surface area (Å²) in [4.78, 5) is 83.6. The number of hydrogen-bond acceptors (Lipinski definition) is 11. The predicted molar refractivity (Wildman–Crippen MR) is 187 cm³/mol. The van der Waals surface area contributed by atoms with Gasteiger partial charge in [-0.1, -0.05) is 48.0 Å². The van der Waals surface area contributed by atoms with Crippen LogP contribution < -0.4 is 19.4 Å². The topological polar surface area (TPSA) is 194 Å². The molecule has 1 saturated carbocycles. The van der Waals surface area contributed by atoms with E-state index in [1.807, 2.05) is 6.08 Å². The van der Waals surface area contributed by atoms with Crippen LogP contribution in [0.4, 0.5) is 28.4 Å². The zero-order valence-corrected chi connectivity index (χ0v) is 28.5. The molecule has 2 heterocycles. The van der Waals surface area contributed by atoms with Crippen LogP contribution in [0, 0.1) is 49.3 Å². The molecular formula is C37H35N5O10. The Morgan fingerprint density at radius 3 is 2.12 bits per heavy atom. The molecule has 2 aliphatic carbocycles. The van der Waals surface area contributed by atoms with Crippen molar-refractivity contribution in [2.24, 2.45) is 29.1 Å². The number of imide groups is 2. The van der Waals surface area contributed by atoms with E-state index in [2.05, 4.69) is 0 Å². The summed E-state index contributed by atoms with van der Waals surface area (Å²) in [7, 11) is 2.83. The van der Waals surface area contributed by atoms with Crippen molar-refractivity contribution in [2.45, 2.75) is 25.7 Å². The van der Waals surface area contributed by atoms with E-state index in [0.29, 0.717) is 22.6 Å². The summed E-state index contributed by atoms with van der Waals surface area (Å²) >= 11 is 0. The summed E-state index contributed by atoms with van der Waals surface area (Å²) < 4.78 is 5.94. The molecule has 1 N–H and O–H groups in total. The smallest absolute Gasteiger partial charge is 0.301 e. The molecule has 0 radical (unpaired) electrons. The minimum Gasteiger partial charge on any atom is -0.491 e. The number of aliphatic hydroxyl groups excluding tert-OH is 1. The van der Waals surface area contributed by atoms with Crippen molar-refractivity contribution < 1.29 is 38.9 Å². The Labute approximate surface area is 297 Å². The van der Waals surface area contributed by atoms with Crippen molar-refractivity contribution >= 4 is 52.1 Å². The van der Waals surface area contributed by atoms with Crippen LogP contribution in [0.3, 0.4) is 0 Å². The SMILES string of the molecule is CN(C)c1c([N+](=O)[O-])cc(N2C(=O)[C@H]3[C@H](CC=C4[C@H]3C[C@H]3C(=O)N(c5ccccc5)C(=O)[C@@]3(C)[C@H]4c3ccccc3OCCO)C2=O)cc1[N+](=O)[O-]. The van der Waals surface area contributed by atoms with Gasteiger partial charge in [0.15, 0.2) is 5.69 Å². The molecule has 3 aromatic carbocycles. The minimum atomic E-state index is -1.34. The molecular weight excluding hydrogens is 674 g/mol. The van der Waals surface area contributed by atoms with Crippen LogP contribution in [0.5, 0.6) is 5.75 Å². The lowest BCUT2D eigenvalue weighted by Gasteiger charge is -2.49. The Morgan fingerprint density at radius 2 is 1.50 bits per heavy atom. The van der Waals surface area contributed by atoms with E-state index < -0.39 is 79.9 Å². The van der Waals surface area contributed by atoms with Gasteiger partial charge in [0.2, 0.25) is 23.6 Å². The zero-order valence-electron chi connectivity index (χ0n) is 28.5. The maximum absolute atomic E-state index is 14.6. The molecule has 2 aliphatic heterocycles. The van der Waals surface area contributed by atoms with Crippen LogP contribution in [0.15, 0.2) is 78.4 Å². The number of amides is 4. The van der Waals surface area contributed by atoms with Crippen LogP contribution >= 0.6 is 0 Å². The van der Waals surface area contributed by atoms with Crippen molar-refractivity contribution in [2.75, 3.05) is 42.0 Å². The van der Waals surface area contributed by atoms with E-state index in [0.717, 1.165) is 17.0 Å². The summed E-state index contributed by atoms with van der Waals surface area (Å²) in [5.41, 5.74) is -1.56. The number of nitro benzene ring substituents is 2. The maximum atomic E-state index is 14.6. The van der Waals surface area contributed by atoms with Gasteiger partial charge in [-0.05, 0) is 43.9 Å². The summed E-state index contributed by atoms with van der Waals surface area (Å²) in [6.45, 7) is 1.44. The Hall–Kier alpha value is -5.96. The fraction of sp³-hybridized carbons (Fsp3) is 0.351. The van der Waals surface area contributed by atoms with Gasteiger partial charge in [-0.3, -0.25) is 39.4 Å². The predicted octanol–water partition coefficient (Wildman–Crippen LogP) is 4.38. The number of rotatable bonds is 9. The standard InChI is InChI=1S/C37H35N5O10/c1-37-26(34(45)40(36(37)47)20-9-5-4-6-10-20)19-25-22(31(37)23-11-7-8-12-29(23)52-16-15-43)13-14-24-30(25)35(46)39(33(24)44)21-17-27(41(48)49)32(38(2)3)28(18-21)42(50)51/h4-13,17-18,24-26,30-31,43H,14-16,19H2,1-3H3/t24-,25+,26-,30-,31+,37+/m0/s1. The Kier molecular flexibility index (Phi) is 8.40. The van der Waals surface area contributed by atoms with Crippen molar-refractivity contribution in [1.29, 1.82) is 0 Å². The van der Waals surface area contributed by atoms with Crippen molar-refractivity contribution in [3.05, 3.63) is 104 Å². The zero-order chi connectivity index (χ0) is 37.2. The fourth-order valence-electron chi connectivity index (χ4n) is 8.90. The molecule has 4 aliphatic rings. The van der Waals surface area contributed by atoms with E-state index in [-0.39, 0.29) is 37.4 Å². The van der Waals surface area contributed by atoms with E-state index in [4.69, 9.17) is 4.74 Å². The number of fused-ring (bicyclic) bond motifs is 4. The number of nitro groups is 2. The lowest BCUT2D eigenvalue weighted by Crippen LogP contribution is -2.49. The first kappa shape index (κ1) is 34.5. The minimum absolute atomic E-state index is 0.0348. The maximum Gasteiger partial charge on any atom is 0.301 e. The van der Waals surface area contributed by atoms with E-state index in [9.17, 15) is 44.5 Å². The lowest BCUT2D eigenvalue weighted by molar-refractivity contribution is -0.392. The molecule has 15 nitrogen and oxygen atoms in total. The van der Waals surface area contributed by atoms with Crippen LogP contribution in [0.2, 0.25) is 0 Å². The van der Waals surface area contributed by atoms with Crippen molar-refractivity contribution in [3.8, 4) is 5.75 Å². The highest BCUT2D eigenvalue weighted by Crippen LogP contribution is 2.64. The van der Waals surface area contributed by atoms with Crippen LogP contribution in [-0.4, -0.2) is 65.9 Å². The summed E-state index contributed by atoms with van der Waals surface area (Å²) in [5, 5.41) is 33.8. The highest BCUT2D eigenvalue weighted by atomic mass is 16.6. The number of carbonyl (C=O) groups is 4. The van der Waals surface area contributed by atoms with Crippen LogP contribution in [-0.2, 0) is 19.2 Å². The molecule has 2 saturated heterocycles. The van der Waals surface area contributed by atoms with Gasteiger partial charge in [-0.2, -0.15) is 0 Å². The quantitative estimate of drug-likeness (QED) is 0.143. The second kappa shape index (κ2) is 12.7. The summed E-state index contributed by atoms with van der Waals surface area (Å²) in [5.74, 6) is -6.20. The summed E-state index contributed by atoms with van der Waals surface area (Å²) in [6.07, 6.45) is 1.98. The van der Waals surface area contributed by atoms with Gasteiger partial charge in [0, 0.05) is 37.7 Å². The molecule has 52 heavy (non-hydrogen) atoms. The average molecular weight is 710 g/mol. The van der Waals surface area contributed by atoms with Gasteiger partial charge in [-0.15, -0.1) is 0 Å². The third-order valence-electron chi connectivity index (χ3n) is 11.0. The molecule has 6 atom stereocenters. The number of anilines is 3. The number of aliphatic hydroxyl groups is 1. The van der Waals surface area contributed by atoms with Gasteiger partial charge >= 0.3 is 11.4 Å². The molecule has 268 valence electrons. The number of nitrogens with zero attached hydrogens (tertiary/aromatic N) is 5. The van der Waals surface area contributed by atoms with Gasteiger partial charge in [0.1, 0.15) is 12.4 Å². The Bertz CT molecular complexity index is 2050. The molecule has 0 bridgehead atoms. The molecule has 4 amide bonds. The first-order valence-corrected chi connectivity index (χ1v) is 16.8. The number of benzene rings is 3. The largest absolute Gasteiger partial charge is 0.491 e. The van der Waals surface area contributed by atoms with Gasteiger partial charge < -0.3 is 14.7 Å². The second-order valence-corrected chi connectivity index (χ2v) is 13.9. The van der Waals surface area contributed by atoms with E-state index in [1.54, 1.807) is 61.5 Å². The third-order valence-corrected chi connectivity index (χ3v) is 11.0. The van der Waals surface area contributed by atoms with E-state index in [1.165, 1.54) is 23.9 Å². The normalized spacial score (nSPS) is 26.5. The molecule has 3 aromatic rings. The fourth-order valence-corrected chi connectivity index (χ4v) is 8.90. The number of para-hydroxylation sites is 2. The summed E-state index contributed by atoms with van der Waals surface area (Å²) in [6, 6.07) is 17.6. The number of carbonyl (C=O) groups excluding carboxylic acids is 4. The molecule has 3 fully saturated rings. The van der Waals surface area contributed by atoms with Gasteiger partial charge in [-0.25, -0.2) is 9.80 Å². The highest BCUT2D eigenvalue weighted by Gasteiger charge is 2.68. The van der Waals surface area contributed by atoms with Gasteiger partial charge in [0.25, 0.3) is 0 Å². The molecule has 0 spiro atoms. The monoisotopic (exact) mass is 709 g/mol. The number of ether oxygens (including phenoxy) is 1. The van der Waals surface area contributed by atoms with E-state index >= 15 is 0 Å². The molecule has 15 heteroatoms. The second-order valence-electron chi connectivity index (χ2n) is 13.9. The first-order valence-electron chi connectivity index (χ1n) is 16.8. The van der Waals surface area contributed by atoms with Crippen molar-refractivity contribution in [1.82, 2.24) is 0 Å². The lowest BCUT2D eigenvalue weighted by atomic mass is 9.51.